The highest BCUT2D eigenvalue weighted by molar-refractivity contribution is 6.02. The van der Waals surface area contributed by atoms with Gasteiger partial charge in [0.15, 0.2) is 11.5 Å². The van der Waals surface area contributed by atoms with E-state index in [0.29, 0.717) is 48.0 Å². The number of urea groups is 1. The van der Waals surface area contributed by atoms with Gasteiger partial charge in [-0.2, -0.15) is 5.10 Å². The molecule has 0 atom stereocenters. The minimum atomic E-state index is -0.727. The zero-order chi connectivity index (χ0) is 24.6. The molecular weight excluding hydrogens is 444 g/mol. The molecule has 1 aliphatic carbocycles. The lowest BCUT2D eigenvalue weighted by Gasteiger charge is -2.16. The summed E-state index contributed by atoms with van der Waals surface area (Å²) < 4.78 is 6.97. The second-order valence-corrected chi connectivity index (χ2v) is 8.59. The van der Waals surface area contributed by atoms with Crippen LogP contribution in [0.2, 0.25) is 0 Å². The molecule has 0 bridgehead atoms. The molecule has 1 fully saturated rings. The fourth-order valence-electron chi connectivity index (χ4n) is 4.26. The van der Waals surface area contributed by atoms with Gasteiger partial charge in [0.05, 0.1) is 17.7 Å². The Morgan fingerprint density at radius 1 is 1.06 bits per heavy atom. The molecule has 0 unspecified atom stereocenters. The normalized spacial score (nSPS) is 13.9. The van der Waals surface area contributed by atoms with E-state index in [0.717, 1.165) is 16.5 Å². The molecule has 2 aromatic carbocycles. The average Bonchev–Trinajstić information content (AvgIpc) is 3.61. The van der Waals surface area contributed by atoms with Gasteiger partial charge in [0.1, 0.15) is 5.41 Å². The Labute approximate surface area is 202 Å². The Balaban J connectivity index is 1.47. The number of benzene rings is 2. The maximum atomic E-state index is 12.7. The Bertz CT molecular complexity index is 1410. The van der Waals surface area contributed by atoms with Crippen molar-refractivity contribution in [3.63, 3.8) is 0 Å². The number of rotatable bonds is 6. The first-order chi connectivity index (χ1) is 16.9. The highest BCUT2D eigenvalue weighted by Crippen LogP contribution is 2.50. The number of pyridine rings is 1. The molecule has 0 spiro atoms. The molecule has 1 saturated carbocycles. The summed E-state index contributed by atoms with van der Waals surface area (Å²) >= 11 is 0. The second-order valence-electron chi connectivity index (χ2n) is 8.59. The van der Waals surface area contributed by atoms with Crippen molar-refractivity contribution in [2.24, 2.45) is 7.05 Å². The quantitative estimate of drug-likeness (QED) is 0.358. The zero-order valence-corrected chi connectivity index (χ0v) is 19.5. The summed E-state index contributed by atoms with van der Waals surface area (Å²) in [6, 6.07) is 18.2. The number of nitrogen functional groups attached to an aromatic ring is 1. The number of aromatic nitrogens is 3. The lowest BCUT2D eigenvalue weighted by molar-refractivity contribution is -0.146. The third-order valence-electron chi connectivity index (χ3n) is 6.21. The molecular formula is C26H26N6O3. The van der Waals surface area contributed by atoms with Gasteiger partial charge >= 0.3 is 12.0 Å². The number of nitrogens with two attached hydrogens (primary N) is 1. The third kappa shape index (κ3) is 4.16. The van der Waals surface area contributed by atoms with Crippen LogP contribution in [0.15, 0.2) is 60.7 Å². The van der Waals surface area contributed by atoms with Crippen LogP contribution in [0.1, 0.15) is 25.5 Å². The largest absolute Gasteiger partial charge is 0.465 e. The number of carbonyl (C=O) groups is 2. The Morgan fingerprint density at radius 2 is 1.71 bits per heavy atom. The van der Waals surface area contributed by atoms with Crippen molar-refractivity contribution < 1.29 is 14.3 Å². The van der Waals surface area contributed by atoms with Crippen LogP contribution in [0.5, 0.6) is 0 Å². The number of ether oxygens (including phenoxy) is 1. The van der Waals surface area contributed by atoms with E-state index >= 15 is 0 Å². The van der Waals surface area contributed by atoms with Gasteiger partial charge in [0, 0.05) is 18.4 Å². The van der Waals surface area contributed by atoms with Gasteiger partial charge in [-0.05, 0) is 61.2 Å². The van der Waals surface area contributed by atoms with Crippen LogP contribution in [0.25, 0.3) is 22.2 Å². The molecule has 0 radical (unpaired) electrons. The van der Waals surface area contributed by atoms with Crippen molar-refractivity contribution >= 4 is 40.2 Å². The molecule has 178 valence electrons. The number of carbonyl (C=O) groups excluding carboxylic acids is 2. The fraction of sp³-hybridized carbons (Fsp3) is 0.231. The molecule has 0 aliphatic heterocycles. The van der Waals surface area contributed by atoms with Crippen LogP contribution in [-0.4, -0.2) is 33.4 Å². The van der Waals surface area contributed by atoms with E-state index < -0.39 is 5.41 Å². The van der Waals surface area contributed by atoms with Crippen molar-refractivity contribution in [3.8, 4) is 11.1 Å². The monoisotopic (exact) mass is 470 g/mol. The van der Waals surface area contributed by atoms with Crippen molar-refractivity contribution in [1.82, 2.24) is 14.8 Å². The van der Waals surface area contributed by atoms with Gasteiger partial charge in [0.25, 0.3) is 0 Å². The van der Waals surface area contributed by atoms with Crippen molar-refractivity contribution in [2.75, 3.05) is 23.0 Å². The maximum absolute atomic E-state index is 12.7. The van der Waals surface area contributed by atoms with Crippen LogP contribution in [0.3, 0.4) is 0 Å². The standard InChI is InChI=1S/C26H26N6O3/c1-3-35-24(33)26(13-14-26)20-15-19(21-22(27)31-32(2)23(21)30-20)16-9-11-18(12-10-16)29-25(34)28-17-7-5-4-6-8-17/h4-12,15H,3,13-14H2,1-2H3,(H2,27,31)(H2,28,29,34). The van der Waals surface area contributed by atoms with Crippen LogP contribution >= 0.6 is 0 Å². The number of nitrogens with zero attached hydrogens (tertiary/aromatic N) is 3. The fourth-order valence-corrected chi connectivity index (χ4v) is 4.26. The molecule has 2 aromatic heterocycles. The number of anilines is 3. The van der Waals surface area contributed by atoms with Crippen LogP contribution in [0, 0.1) is 0 Å². The Morgan fingerprint density at radius 3 is 2.34 bits per heavy atom. The maximum Gasteiger partial charge on any atom is 0.323 e. The first kappa shape index (κ1) is 22.4. The third-order valence-corrected chi connectivity index (χ3v) is 6.21. The minimum Gasteiger partial charge on any atom is -0.465 e. The minimum absolute atomic E-state index is 0.253. The average molecular weight is 471 g/mol. The predicted molar refractivity (Wildman–Crippen MR) is 135 cm³/mol. The van der Waals surface area contributed by atoms with Gasteiger partial charge in [-0.25, -0.2) is 14.5 Å². The smallest absolute Gasteiger partial charge is 0.323 e. The number of nitrogens with one attached hydrogen (secondary N) is 2. The van der Waals surface area contributed by atoms with E-state index in [9.17, 15) is 9.59 Å². The predicted octanol–water partition coefficient (Wildman–Crippen LogP) is 4.46. The van der Waals surface area contributed by atoms with Gasteiger partial charge in [-0.3, -0.25) is 4.79 Å². The molecule has 35 heavy (non-hydrogen) atoms. The number of amides is 2. The van der Waals surface area contributed by atoms with E-state index in [1.165, 1.54) is 0 Å². The van der Waals surface area contributed by atoms with E-state index in [2.05, 4.69) is 15.7 Å². The van der Waals surface area contributed by atoms with E-state index in [1.54, 1.807) is 18.7 Å². The molecule has 9 nitrogen and oxygen atoms in total. The molecule has 4 aromatic rings. The number of hydrogen-bond acceptors (Lipinski definition) is 6. The summed E-state index contributed by atoms with van der Waals surface area (Å²) in [7, 11) is 1.78. The second kappa shape index (κ2) is 8.75. The summed E-state index contributed by atoms with van der Waals surface area (Å²) in [5, 5.41) is 10.7. The Hall–Kier alpha value is -4.40. The topological polar surface area (TPSA) is 124 Å². The number of hydrogen-bond donors (Lipinski definition) is 3. The van der Waals surface area contributed by atoms with Gasteiger partial charge in [0.2, 0.25) is 0 Å². The van der Waals surface area contributed by atoms with Gasteiger partial charge < -0.3 is 21.1 Å². The molecule has 5 rings (SSSR count). The van der Waals surface area contributed by atoms with E-state index in [-0.39, 0.29) is 12.0 Å². The van der Waals surface area contributed by atoms with Gasteiger partial charge in [-0.15, -0.1) is 0 Å². The number of fused-ring (bicyclic) bond motifs is 1. The SMILES string of the molecule is CCOC(=O)C1(c2cc(-c3ccc(NC(=O)Nc4ccccc4)cc3)c3c(N)nn(C)c3n2)CC1. The van der Waals surface area contributed by atoms with Crippen LogP contribution in [-0.2, 0) is 22.0 Å². The number of esters is 1. The lowest BCUT2D eigenvalue weighted by atomic mass is 9.95. The zero-order valence-electron chi connectivity index (χ0n) is 19.5. The summed E-state index contributed by atoms with van der Waals surface area (Å²) in [5.41, 5.74) is 9.81. The van der Waals surface area contributed by atoms with Crippen molar-refractivity contribution in [1.29, 1.82) is 0 Å². The van der Waals surface area contributed by atoms with Crippen LogP contribution in [0.4, 0.5) is 22.0 Å². The molecule has 0 saturated heterocycles. The molecule has 9 heteroatoms. The summed E-state index contributed by atoms with van der Waals surface area (Å²) in [6.07, 6.45) is 1.38. The first-order valence-corrected chi connectivity index (χ1v) is 11.5. The van der Waals surface area contributed by atoms with Crippen LogP contribution < -0.4 is 16.4 Å². The van der Waals surface area contributed by atoms with E-state index in [1.807, 2.05) is 60.7 Å². The van der Waals surface area contributed by atoms with E-state index in [4.69, 9.17) is 15.5 Å². The van der Waals surface area contributed by atoms with Crippen molar-refractivity contribution in [2.45, 2.75) is 25.2 Å². The van der Waals surface area contributed by atoms with Gasteiger partial charge in [-0.1, -0.05) is 30.3 Å². The molecule has 1 aliphatic rings. The summed E-state index contributed by atoms with van der Waals surface area (Å²) in [6.45, 7) is 2.12. The number of aryl methyl sites for hydroxylation is 1. The Kier molecular flexibility index (Phi) is 5.60. The molecule has 2 heterocycles. The summed E-state index contributed by atoms with van der Waals surface area (Å²) in [5.74, 6) is 0.110. The summed E-state index contributed by atoms with van der Waals surface area (Å²) in [4.78, 5) is 29.8. The number of para-hydroxylation sites is 1. The highest BCUT2D eigenvalue weighted by atomic mass is 16.5. The first-order valence-electron chi connectivity index (χ1n) is 11.5. The lowest BCUT2D eigenvalue weighted by Crippen LogP contribution is -2.24. The molecule has 4 N–H and O–H groups in total. The highest BCUT2D eigenvalue weighted by Gasteiger charge is 2.54. The molecule has 2 amide bonds. The van der Waals surface area contributed by atoms with Crippen molar-refractivity contribution in [3.05, 3.63) is 66.4 Å².